The van der Waals surface area contributed by atoms with Crippen LogP contribution in [0.3, 0.4) is 0 Å². The molecule has 4 nitrogen and oxygen atoms in total. The van der Waals surface area contributed by atoms with E-state index in [2.05, 4.69) is 73.5 Å². The van der Waals surface area contributed by atoms with Crippen molar-refractivity contribution in [3.8, 4) is 0 Å². The number of hydrogen-bond acceptors (Lipinski definition) is 2. The third kappa shape index (κ3) is 3.56. The van der Waals surface area contributed by atoms with E-state index in [1.165, 1.54) is 5.56 Å². The molecule has 0 radical (unpaired) electrons. The van der Waals surface area contributed by atoms with Gasteiger partial charge in [-0.2, -0.15) is 5.10 Å². The molecule has 0 saturated heterocycles. The number of aromatic nitrogens is 4. The second kappa shape index (κ2) is 5.95. The molecular formula is C18H26N4. The summed E-state index contributed by atoms with van der Waals surface area (Å²) in [7, 11) is 0. The largest absolute Gasteiger partial charge is 0.345 e. The Hall–Kier alpha value is -2.10. The lowest BCUT2D eigenvalue weighted by molar-refractivity contribution is 0.519. The first-order chi connectivity index (χ1) is 10.2. The Morgan fingerprint density at radius 3 is 2.50 bits per heavy atom. The summed E-state index contributed by atoms with van der Waals surface area (Å²) in [5.74, 6) is 0.814. The van der Waals surface area contributed by atoms with E-state index in [1.54, 1.807) is 6.08 Å². The zero-order valence-corrected chi connectivity index (χ0v) is 14.2. The quantitative estimate of drug-likeness (QED) is 0.856. The normalized spacial score (nSPS) is 13.0. The highest BCUT2D eigenvalue weighted by Gasteiger charge is 2.22. The molecule has 118 valence electrons. The summed E-state index contributed by atoms with van der Waals surface area (Å²) in [5, 5.41) is 7.31. The van der Waals surface area contributed by atoms with E-state index in [0.717, 1.165) is 23.6 Å². The van der Waals surface area contributed by atoms with Crippen LogP contribution >= 0.6 is 0 Å². The summed E-state index contributed by atoms with van der Waals surface area (Å²) in [6, 6.07) is 0. The average Bonchev–Trinajstić information content (AvgIpc) is 3.06. The van der Waals surface area contributed by atoms with Crippen LogP contribution in [0.15, 0.2) is 25.0 Å². The van der Waals surface area contributed by atoms with Gasteiger partial charge in [-0.15, -0.1) is 0 Å². The Labute approximate surface area is 132 Å². The van der Waals surface area contributed by atoms with Gasteiger partial charge in [0, 0.05) is 23.4 Å². The van der Waals surface area contributed by atoms with Gasteiger partial charge in [0.25, 0.3) is 0 Å². The fourth-order valence-electron chi connectivity index (χ4n) is 2.39. The van der Waals surface area contributed by atoms with Crippen molar-refractivity contribution in [2.75, 3.05) is 0 Å². The Balaban J connectivity index is 2.12. The minimum absolute atomic E-state index is 0.0353. The molecule has 0 unspecified atom stereocenters. The SMILES string of the molecule is C=Cc1nc(C(C)(C)C/C=C\c2n[nH]cc2C(C)(C)C)c[nH]1. The smallest absolute Gasteiger partial charge is 0.129 e. The Morgan fingerprint density at radius 2 is 1.91 bits per heavy atom. The molecule has 0 fully saturated rings. The molecule has 2 rings (SSSR count). The van der Waals surface area contributed by atoms with Crippen LogP contribution in [0.1, 0.15) is 63.8 Å². The molecule has 0 aliphatic heterocycles. The molecule has 0 spiro atoms. The first kappa shape index (κ1) is 16.3. The Morgan fingerprint density at radius 1 is 1.18 bits per heavy atom. The van der Waals surface area contributed by atoms with Gasteiger partial charge in [-0.3, -0.25) is 5.10 Å². The van der Waals surface area contributed by atoms with E-state index in [4.69, 9.17) is 0 Å². The van der Waals surface area contributed by atoms with E-state index < -0.39 is 0 Å². The lowest BCUT2D eigenvalue weighted by Crippen LogP contribution is -2.16. The minimum Gasteiger partial charge on any atom is -0.345 e. The van der Waals surface area contributed by atoms with Crippen LogP contribution in [0.5, 0.6) is 0 Å². The predicted molar refractivity (Wildman–Crippen MR) is 92.6 cm³/mol. The Bertz CT molecular complexity index is 665. The number of rotatable bonds is 5. The fourth-order valence-corrected chi connectivity index (χ4v) is 2.39. The molecule has 2 heterocycles. The monoisotopic (exact) mass is 298 g/mol. The van der Waals surface area contributed by atoms with E-state index in [0.29, 0.717) is 0 Å². The number of hydrogen-bond donors (Lipinski definition) is 2. The van der Waals surface area contributed by atoms with E-state index >= 15 is 0 Å². The van der Waals surface area contributed by atoms with Crippen LogP contribution < -0.4 is 0 Å². The molecule has 0 bridgehead atoms. The van der Waals surface area contributed by atoms with Crippen LogP contribution in [-0.2, 0) is 10.8 Å². The van der Waals surface area contributed by atoms with Gasteiger partial charge in [-0.25, -0.2) is 4.98 Å². The van der Waals surface area contributed by atoms with Crippen LogP contribution in [-0.4, -0.2) is 20.2 Å². The maximum absolute atomic E-state index is 4.54. The lowest BCUT2D eigenvalue weighted by atomic mass is 9.85. The number of nitrogens with zero attached hydrogens (tertiary/aromatic N) is 2. The van der Waals surface area contributed by atoms with Crippen LogP contribution in [0.25, 0.3) is 12.2 Å². The Kier molecular flexibility index (Phi) is 4.40. The van der Waals surface area contributed by atoms with Crippen molar-refractivity contribution in [1.82, 2.24) is 20.2 Å². The molecule has 0 amide bonds. The highest BCUT2D eigenvalue weighted by atomic mass is 15.1. The summed E-state index contributed by atoms with van der Waals surface area (Å²) in [6.07, 6.45) is 10.8. The predicted octanol–water partition coefficient (Wildman–Crippen LogP) is 4.45. The van der Waals surface area contributed by atoms with Gasteiger partial charge in [0.15, 0.2) is 0 Å². The summed E-state index contributed by atoms with van der Waals surface area (Å²) in [6.45, 7) is 14.7. The average molecular weight is 298 g/mol. The zero-order valence-electron chi connectivity index (χ0n) is 14.2. The second-order valence-corrected chi connectivity index (χ2v) is 7.30. The van der Waals surface area contributed by atoms with Crippen molar-refractivity contribution in [3.63, 3.8) is 0 Å². The summed E-state index contributed by atoms with van der Waals surface area (Å²) < 4.78 is 0. The first-order valence-corrected chi connectivity index (χ1v) is 7.63. The van der Waals surface area contributed by atoms with E-state index in [9.17, 15) is 0 Å². The number of nitrogens with one attached hydrogen (secondary N) is 2. The fraction of sp³-hybridized carbons (Fsp3) is 0.444. The molecular weight excluding hydrogens is 272 g/mol. The standard InChI is InChI=1S/C18H26N4/c1-7-16-19-12-15(21-16)18(5,6)10-8-9-14-13(11-20-22-14)17(2,3)4/h7-9,11-12H,1,10H2,2-6H3,(H,19,21)(H,20,22)/b9-8-. The molecule has 2 N–H and O–H groups in total. The molecule has 4 heteroatoms. The zero-order chi connectivity index (χ0) is 16.4. The van der Waals surface area contributed by atoms with Gasteiger partial charge in [-0.1, -0.05) is 47.3 Å². The molecule has 0 saturated carbocycles. The molecule has 0 aliphatic carbocycles. The minimum atomic E-state index is -0.0353. The van der Waals surface area contributed by atoms with Crippen molar-refractivity contribution in [2.45, 2.75) is 51.9 Å². The van der Waals surface area contributed by atoms with Crippen molar-refractivity contribution < 1.29 is 0 Å². The summed E-state index contributed by atoms with van der Waals surface area (Å²) >= 11 is 0. The summed E-state index contributed by atoms with van der Waals surface area (Å²) in [4.78, 5) is 7.67. The number of allylic oxidation sites excluding steroid dienone is 1. The van der Waals surface area contributed by atoms with Gasteiger partial charge in [0.05, 0.1) is 11.4 Å². The molecule has 22 heavy (non-hydrogen) atoms. The van der Waals surface area contributed by atoms with Crippen molar-refractivity contribution in [3.05, 3.63) is 47.8 Å². The number of aromatic amines is 2. The number of H-pyrrole nitrogens is 2. The third-order valence-electron chi connectivity index (χ3n) is 3.87. The van der Waals surface area contributed by atoms with Crippen molar-refractivity contribution >= 4 is 12.2 Å². The van der Waals surface area contributed by atoms with Gasteiger partial charge in [0.2, 0.25) is 0 Å². The number of imidazole rings is 1. The van der Waals surface area contributed by atoms with Gasteiger partial charge in [0.1, 0.15) is 5.82 Å². The highest BCUT2D eigenvalue weighted by Crippen LogP contribution is 2.28. The molecule has 2 aromatic heterocycles. The van der Waals surface area contributed by atoms with Gasteiger partial charge < -0.3 is 4.98 Å². The van der Waals surface area contributed by atoms with Crippen molar-refractivity contribution in [1.29, 1.82) is 0 Å². The maximum atomic E-state index is 4.54. The molecule has 2 aromatic rings. The van der Waals surface area contributed by atoms with Crippen LogP contribution in [0.4, 0.5) is 0 Å². The first-order valence-electron chi connectivity index (χ1n) is 7.63. The van der Waals surface area contributed by atoms with E-state index in [1.807, 2.05) is 12.4 Å². The van der Waals surface area contributed by atoms with E-state index in [-0.39, 0.29) is 10.8 Å². The molecule has 0 aromatic carbocycles. The highest BCUT2D eigenvalue weighted by molar-refractivity contribution is 5.51. The van der Waals surface area contributed by atoms with Crippen LogP contribution in [0, 0.1) is 0 Å². The van der Waals surface area contributed by atoms with Gasteiger partial charge >= 0.3 is 0 Å². The van der Waals surface area contributed by atoms with Crippen LogP contribution in [0.2, 0.25) is 0 Å². The third-order valence-corrected chi connectivity index (χ3v) is 3.87. The second-order valence-electron chi connectivity index (χ2n) is 7.30. The summed E-state index contributed by atoms with van der Waals surface area (Å²) in [5.41, 5.74) is 3.34. The molecule has 0 atom stereocenters. The maximum Gasteiger partial charge on any atom is 0.129 e. The lowest BCUT2D eigenvalue weighted by Gasteiger charge is -2.20. The molecule has 0 aliphatic rings. The van der Waals surface area contributed by atoms with Crippen molar-refractivity contribution in [2.24, 2.45) is 0 Å². The topological polar surface area (TPSA) is 57.4 Å². The van der Waals surface area contributed by atoms with Gasteiger partial charge in [-0.05, 0) is 24.0 Å².